The van der Waals surface area contributed by atoms with Crippen LogP contribution in [-0.2, 0) is 9.59 Å². The summed E-state index contributed by atoms with van der Waals surface area (Å²) in [6.07, 6.45) is 3.45. The van der Waals surface area contributed by atoms with Crippen molar-refractivity contribution < 1.29 is 9.59 Å². The van der Waals surface area contributed by atoms with E-state index in [0.29, 0.717) is 5.69 Å². The monoisotopic (exact) mass is 240 g/mol. The van der Waals surface area contributed by atoms with E-state index in [4.69, 9.17) is 0 Å². The first-order valence-corrected chi connectivity index (χ1v) is 5.49. The Morgan fingerprint density at radius 2 is 1.50 bits per heavy atom. The molecule has 90 valence electrons. The summed E-state index contributed by atoms with van der Waals surface area (Å²) in [5.41, 5.74) is 2.68. The van der Waals surface area contributed by atoms with Gasteiger partial charge in [-0.2, -0.15) is 0 Å². The topological polar surface area (TPSA) is 59.1 Å². The number of Topliss-reactive ketones (excluding diaryl/α,β-unsaturated/α-hetero) is 1. The molecular weight excluding hydrogens is 228 g/mol. The molecule has 0 fully saturated rings. The van der Waals surface area contributed by atoms with Crippen molar-refractivity contribution >= 4 is 17.4 Å². The van der Waals surface area contributed by atoms with Crippen LogP contribution in [0, 0.1) is 0 Å². The first-order chi connectivity index (χ1) is 8.66. The summed E-state index contributed by atoms with van der Waals surface area (Å²) in [6, 6.07) is 11.1. The third-order valence-corrected chi connectivity index (χ3v) is 2.48. The quantitative estimate of drug-likeness (QED) is 0.837. The minimum absolute atomic E-state index is 0.506. The average Bonchev–Trinajstić information content (AvgIpc) is 2.40. The van der Waals surface area contributed by atoms with Gasteiger partial charge in [-0.25, -0.2) is 0 Å². The maximum Gasteiger partial charge on any atom is 0.291 e. The Balaban J connectivity index is 2.16. The van der Waals surface area contributed by atoms with Crippen LogP contribution in [0.2, 0.25) is 0 Å². The van der Waals surface area contributed by atoms with Gasteiger partial charge in [0.1, 0.15) is 0 Å². The third-order valence-electron chi connectivity index (χ3n) is 2.48. The lowest BCUT2D eigenvalue weighted by Crippen LogP contribution is -2.19. The van der Waals surface area contributed by atoms with E-state index >= 15 is 0 Å². The molecule has 4 nitrogen and oxygen atoms in total. The lowest BCUT2D eigenvalue weighted by Gasteiger charge is -2.05. The van der Waals surface area contributed by atoms with Crippen LogP contribution in [0.4, 0.5) is 5.69 Å². The first kappa shape index (κ1) is 12.0. The second-order valence-electron chi connectivity index (χ2n) is 3.82. The number of nitrogens with one attached hydrogen (secondary N) is 1. The largest absolute Gasteiger partial charge is 0.319 e. The second kappa shape index (κ2) is 5.23. The molecule has 1 N–H and O–H groups in total. The Bertz CT molecular complexity index is 562. The lowest BCUT2D eigenvalue weighted by molar-refractivity contribution is -0.133. The van der Waals surface area contributed by atoms with Gasteiger partial charge in [-0.05, 0) is 35.4 Å². The van der Waals surface area contributed by atoms with E-state index in [1.54, 1.807) is 24.5 Å². The predicted octanol–water partition coefficient (Wildman–Crippen LogP) is 2.28. The summed E-state index contributed by atoms with van der Waals surface area (Å²) >= 11 is 0. The van der Waals surface area contributed by atoms with Crippen LogP contribution in [0.15, 0.2) is 48.8 Å². The summed E-state index contributed by atoms with van der Waals surface area (Å²) < 4.78 is 0. The molecule has 0 saturated heterocycles. The molecule has 0 atom stereocenters. The van der Waals surface area contributed by atoms with Gasteiger partial charge >= 0.3 is 0 Å². The molecule has 0 aliphatic heterocycles. The van der Waals surface area contributed by atoms with Gasteiger partial charge in [0.15, 0.2) is 0 Å². The Morgan fingerprint density at radius 3 is 2.06 bits per heavy atom. The number of amides is 1. The van der Waals surface area contributed by atoms with Gasteiger partial charge in [0.05, 0.1) is 0 Å². The molecule has 0 bridgehead atoms. The first-order valence-electron chi connectivity index (χ1n) is 5.49. The number of hydrogen-bond donors (Lipinski definition) is 1. The number of aromatic nitrogens is 1. The highest BCUT2D eigenvalue weighted by Crippen LogP contribution is 2.20. The van der Waals surface area contributed by atoms with Crippen molar-refractivity contribution in [1.82, 2.24) is 4.98 Å². The standard InChI is InChI=1S/C14H12N2O2/c1-10(17)14(18)16-13-4-2-11(3-5-13)12-6-8-15-9-7-12/h2-9H,1H3,(H,16,18). The molecule has 4 heteroatoms. The smallest absolute Gasteiger partial charge is 0.291 e. The fourth-order valence-electron chi connectivity index (χ4n) is 1.51. The molecular formula is C14H12N2O2. The molecule has 0 unspecified atom stereocenters. The Labute approximate surface area is 105 Å². The van der Waals surface area contributed by atoms with Gasteiger partial charge in [-0.3, -0.25) is 14.6 Å². The van der Waals surface area contributed by atoms with E-state index in [2.05, 4.69) is 10.3 Å². The van der Waals surface area contributed by atoms with E-state index in [0.717, 1.165) is 11.1 Å². The Hall–Kier alpha value is -2.49. The van der Waals surface area contributed by atoms with Crippen LogP contribution < -0.4 is 5.32 Å². The molecule has 1 heterocycles. The fourth-order valence-corrected chi connectivity index (χ4v) is 1.51. The molecule has 0 aliphatic carbocycles. The number of benzene rings is 1. The van der Waals surface area contributed by atoms with Crippen molar-refractivity contribution in [1.29, 1.82) is 0 Å². The molecule has 0 aliphatic rings. The predicted molar refractivity (Wildman–Crippen MR) is 69.0 cm³/mol. The molecule has 2 aromatic rings. The van der Waals surface area contributed by atoms with E-state index in [1.165, 1.54) is 6.92 Å². The van der Waals surface area contributed by atoms with Crippen LogP contribution in [0.25, 0.3) is 11.1 Å². The normalized spacial score (nSPS) is 9.83. The van der Waals surface area contributed by atoms with Crippen molar-refractivity contribution in [2.24, 2.45) is 0 Å². The van der Waals surface area contributed by atoms with Crippen molar-refractivity contribution in [3.8, 4) is 11.1 Å². The maximum absolute atomic E-state index is 11.2. The summed E-state index contributed by atoms with van der Waals surface area (Å²) in [6.45, 7) is 1.24. The van der Waals surface area contributed by atoms with E-state index in [1.807, 2.05) is 24.3 Å². The fraction of sp³-hybridized carbons (Fsp3) is 0.0714. The summed E-state index contributed by atoms with van der Waals surface area (Å²) in [4.78, 5) is 26.0. The zero-order valence-electron chi connectivity index (χ0n) is 9.88. The van der Waals surface area contributed by atoms with Crippen LogP contribution >= 0.6 is 0 Å². The third kappa shape index (κ3) is 2.79. The molecule has 1 amide bonds. The van der Waals surface area contributed by atoms with Gasteiger partial charge in [0.2, 0.25) is 5.78 Å². The van der Waals surface area contributed by atoms with Gasteiger partial charge in [0.25, 0.3) is 5.91 Å². The van der Waals surface area contributed by atoms with Crippen molar-refractivity contribution in [3.05, 3.63) is 48.8 Å². The highest BCUT2D eigenvalue weighted by atomic mass is 16.2. The maximum atomic E-state index is 11.2. The molecule has 18 heavy (non-hydrogen) atoms. The highest BCUT2D eigenvalue weighted by molar-refractivity contribution is 6.39. The van der Waals surface area contributed by atoms with E-state index < -0.39 is 11.7 Å². The number of nitrogens with zero attached hydrogens (tertiary/aromatic N) is 1. The summed E-state index contributed by atoms with van der Waals surface area (Å²) in [5, 5.41) is 2.52. The van der Waals surface area contributed by atoms with Crippen molar-refractivity contribution in [2.75, 3.05) is 5.32 Å². The number of carbonyl (C=O) groups excluding carboxylic acids is 2. The number of hydrogen-bond acceptors (Lipinski definition) is 3. The van der Waals surface area contributed by atoms with Crippen LogP contribution in [0.5, 0.6) is 0 Å². The summed E-state index contributed by atoms with van der Waals surface area (Å²) in [5.74, 6) is -1.11. The minimum Gasteiger partial charge on any atom is -0.319 e. The number of anilines is 1. The van der Waals surface area contributed by atoms with Gasteiger partial charge < -0.3 is 5.32 Å². The number of pyridine rings is 1. The van der Waals surface area contributed by atoms with Crippen LogP contribution in [-0.4, -0.2) is 16.7 Å². The molecule has 1 aromatic carbocycles. The van der Waals surface area contributed by atoms with Crippen molar-refractivity contribution in [3.63, 3.8) is 0 Å². The van der Waals surface area contributed by atoms with Crippen LogP contribution in [0.3, 0.4) is 0 Å². The Kier molecular flexibility index (Phi) is 3.48. The number of rotatable bonds is 3. The molecule has 2 rings (SSSR count). The number of carbonyl (C=O) groups is 2. The molecule has 0 saturated carbocycles. The zero-order valence-corrected chi connectivity index (χ0v) is 9.88. The average molecular weight is 240 g/mol. The number of ketones is 1. The van der Waals surface area contributed by atoms with E-state index in [-0.39, 0.29) is 0 Å². The van der Waals surface area contributed by atoms with Gasteiger partial charge in [0, 0.05) is 25.0 Å². The minimum atomic E-state index is -0.605. The van der Waals surface area contributed by atoms with Gasteiger partial charge in [-0.1, -0.05) is 12.1 Å². The van der Waals surface area contributed by atoms with Crippen molar-refractivity contribution in [2.45, 2.75) is 6.92 Å². The second-order valence-corrected chi connectivity index (χ2v) is 3.82. The molecule has 1 aromatic heterocycles. The van der Waals surface area contributed by atoms with Gasteiger partial charge in [-0.15, -0.1) is 0 Å². The molecule has 0 radical (unpaired) electrons. The zero-order chi connectivity index (χ0) is 13.0. The highest BCUT2D eigenvalue weighted by Gasteiger charge is 2.07. The van der Waals surface area contributed by atoms with Crippen LogP contribution in [0.1, 0.15) is 6.92 Å². The summed E-state index contributed by atoms with van der Waals surface area (Å²) in [7, 11) is 0. The Morgan fingerprint density at radius 1 is 0.944 bits per heavy atom. The lowest BCUT2D eigenvalue weighted by atomic mass is 10.1. The SMILES string of the molecule is CC(=O)C(=O)Nc1ccc(-c2ccncc2)cc1. The van der Waals surface area contributed by atoms with E-state index in [9.17, 15) is 9.59 Å². The molecule has 0 spiro atoms.